The van der Waals surface area contributed by atoms with Crippen molar-refractivity contribution in [3.05, 3.63) is 0 Å². The molecular formula is C12H29ClN2S2. The molecule has 0 aliphatic rings. The minimum Gasteiger partial charge on any atom is -0.303 e. The van der Waals surface area contributed by atoms with Gasteiger partial charge in [0, 0.05) is 24.6 Å². The van der Waals surface area contributed by atoms with Crippen LogP contribution in [0.15, 0.2) is 0 Å². The molecule has 0 rings (SSSR count). The summed E-state index contributed by atoms with van der Waals surface area (Å²) in [6.07, 6.45) is 0. The van der Waals surface area contributed by atoms with Crippen LogP contribution in [0.4, 0.5) is 0 Å². The van der Waals surface area contributed by atoms with Gasteiger partial charge in [-0.25, -0.2) is 0 Å². The van der Waals surface area contributed by atoms with E-state index < -0.39 is 0 Å². The fraction of sp³-hybridized carbons (Fsp3) is 1.00. The maximum atomic E-state index is 2.48. The van der Waals surface area contributed by atoms with Crippen LogP contribution in [0, 0.1) is 0 Å². The van der Waals surface area contributed by atoms with Crippen molar-refractivity contribution >= 4 is 34.0 Å². The van der Waals surface area contributed by atoms with Crippen LogP contribution >= 0.6 is 34.0 Å². The van der Waals surface area contributed by atoms with Gasteiger partial charge < -0.3 is 9.80 Å². The van der Waals surface area contributed by atoms with Gasteiger partial charge in [-0.3, -0.25) is 0 Å². The molecule has 0 saturated carbocycles. The van der Waals surface area contributed by atoms with Crippen molar-refractivity contribution in [2.24, 2.45) is 0 Å². The van der Waals surface area contributed by atoms with Gasteiger partial charge in [0.15, 0.2) is 0 Å². The van der Waals surface area contributed by atoms with E-state index in [1.165, 1.54) is 50.8 Å². The fourth-order valence-corrected chi connectivity index (χ4v) is 3.59. The lowest BCUT2D eigenvalue weighted by molar-refractivity contribution is 0.323. The second kappa shape index (κ2) is 15.0. The predicted octanol–water partition coefficient (Wildman–Crippen LogP) is 3.47. The molecule has 2 nitrogen and oxygen atoms in total. The van der Waals surface area contributed by atoms with Crippen LogP contribution in [0.1, 0.15) is 27.7 Å². The standard InChI is InChI=1S/C12H28N2S2.ClH/c1-5-13(6-2)9-11-15-16-12-10-14(7-3)8-4;/h5-12H2,1-4H3;1H. The Morgan fingerprint density at radius 3 is 1.18 bits per heavy atom. The summed E-state index contributed by atoms with van der Waals surface area (Å²) >= 11 is 0. The van der Waals surface area contributed by atoms with Crippen molar-refractivity contribution in [1.82, 2.24) is 9.80 Å². The summed E-state index contributed by atoms with van der Waals surface area (Å²) in [5, 5.41) is 0. The van der Waals surface area contributed by atoms with Gasteiger partial charge >= 0.3 is 0 Å². The van der Waals surface area contributed by atoms with Crippen LogP contribution < -0.4 is 0 Å². The van der Waals surface area contributed by atoms with Crippen LogP contribution in [-0.2, 0) is 0 Å². The third-order valence-electron chi connectivity index (χ3n) is 2.85. The summed E-state index contributed by atoms with van der Waals surface area (Å²) in [7, 11) is 4.05. The first-order chi connectivity index (χ1) is 7.78. The van der Waals surface area contributed by atoms with Crippen LogP contribution in [-0.4, -0.2) is 60.6 Å². The topological polar surface area (TPSA) is 6.48 Å². The molecule has 0 aliphatic carbocycles. The van der Waals surface area contributed by atoms with Gasteiger partial charge in [-0.15, -0.1) is 12.4 Å². The molecule has 0 aliphatic heterocycles. The molecule has 0 radical (unpaired) electrons. The van der Waals surface area contributed by atoms with E-state index in [2.05, 4.69) is 37.5 Å². The smallest absolute Gasteiger partial charge is 0.0165 e. The minimum atomic E-state index is 0. The molecule has 0 aromatic rings. The Bertz CT molecular complexity index is 126. The van der Waals surface area contributed by atoms with Crippen LogP contribution in [0.3, 0.4) is 0 Å². The Hall–Kier alpha value is 0.910. The summed E-state index contributed by atoms with van der Waals surface area (Å²) < 4.78 is 0. The highest BCUT2D eigenvalue weighted by molar-refractivity contribution is 8.76. The maximum Gasteiger partial charge on any atom is 0.0165 e. The Balaban J connectivity index is 0. The van der Waals surface area contributed by atoms with E-state index >= 15 is 0 Å². The van der Waals surface area contributed by atoms with Crippen molar-refractivity contribution in [3.8, 4) is 0 Å². The molecule has 0 unspecified atom stereocenters. The fourth-order valence-electron chi connectivity index (χ4n) is 1.53. The molecule has 0 aromatic carbocycles. The SMILES string of the molecule is CCN(CC)CCSSCCN(CC)CC.Cl. The molecule has 5 heteroatoms. The third kappa shape index (κ3) is 11.7. The van der Waals surface area contributed by atoms with Crippen molar-refractivity contribution in [3.63, 3.8) is 0 Å². The monoisotopic (exact) mass is 300 g/mol. The number of hydrogen-bond acceptors (Lipinski definition) is 4. The molecule has 0 bridgehead atoms. The highest BCUT2D eigenvalue weighted by atomic mass is 35.5. The summed E-state index contributed by atoms with van der Waals surface area (Å²) in [6, 6.07) is 0. The predicted molar refractivity (Wildman–Crippen MR) is 87.7 cm³/mol. The molecule has 0 spiro atoms. The van der Waals surface area contributed by atoms with Crippen LogP contribution in [0.25, 0.3) is 0 Å². The molecule has 0 atom stereocenters. The molecule has 0 N–H and O–H groups in total. The van der Waals surface area contributed by atoms with E-state index in [9.17, 15) is 0 Å². The lowest BCUT2D eigenvalue weighted by Crippen LogP contribution is -2.26. The zero-order valence-corrected chi connectivity index (χ0v) is 14.2. The molecule has 0 fully saturated rings. The first kappa shape index (κ1) is 20.2. The average Bonchev–Trinajstić information content (AvgIpc) is 2.33. The Labute approximate surface area is 122 Å². The van der Waals surface area contributed by atoms with Crippen LogP contribution in [0.2, 0.25) is 0 Å². The minimum absolute atomic E-state index is 0. The van der Waals surface area contributed by atoms with Crippen molar-refractivity contribution in [1.29, 1.82) is 0 Å². The normalized spacial score (nSPS) is 10.9. The van der Waals surface area contributed by atoms with Crippen molar-refractivity contribution in [2.75, 3.05) is 50.8 Å². The number of nitrogens with zero attached hydrogens (tertiary/aromatic N) is 2. The third-order valence-corrected chi connectivity index (χ3v) is 5.22. The maximum absolute atomic E-state index is 2.48. The first-order valence-electron chi connectivity index (χ1n) is 6.47. The molecule has 106 valence electrons. The largest absolute Gasteiger partial charge is 0.303 e. The van der Waals surface area contributed by atoms with Gasteiger partial charge in [-0.05, 0) is 26.2 Å². The molecule has 17 heavy (non-hydrogen) atoms. The molecule has 0 heterocycles. The average molecular weight is 301 g/mol. The summed E-state index contributed by atoms with van der Waals surface area (Å²) in [4.78, 5) is 4.97. The summed E-state index contributed by atoms with van der Waals surface area (Å²) in [6.45, 7) is 16.1. The van der Waals surface area contributed by atoms with Gasteiger partial charge in [-0.1, -0.05) is 49.3 Å². The summed E-state index contributed by atoms with van der Waals surface area (Å²) in [5.41, 5.74) is 0. The van der Waals surface area contributed by atoms with E-state index in [1.807, 2.05) is 21.6 Å². The molecule has 0 amide bonds. The van der Waals surface area contributed by atoms with Gasteiger partial charge in [0.25, 0.3) is 0 Å². The Morgan fingerprint density at radius 2 is 0.941 bits per heavy atom. The highest BCUT2D eigenvalue weighted by Gasteiger charge is 2.00. The zero-order chi connectivity index (χ0) is 12.2. The second-order valence-corrected chi connectivity index (χ2v) is 6.40. The van der Waals surface area contributed by atoms with Crippen molar-refractivity contribution < 1.29 is 0 Å². The van der Waals surface area contributed by atoms with Crippen LogP contribution in [0.5, 0.6) is 0 Å². The second-order valence-electron chi connectivity index (χ2n) is 3.70. The number of hydrogen-bond donors (Lipinski definition) is 0. The quantitative estimate of drug-likeness (QED) is 0.425. The van der Waals surface area contributed by atoms with Gasteiger partial charge in [0.2, 0.25) is 0 Å². The van der Waals surface area contributed by atoms with Crippen molar-refractivity contribution in [2.45, 2.75) is 27.7 Å². The molecule has 0 saturated heterocycles. The van der Waals surface area contributed by atoms with E-state index in [0.29, 0.717) is 0 Å². The summed E-state index contributed by atoms with van der Waals surface area (Å²) in [5.74, 6) is 2.51. The van der Waals surface area contributed by atoms with E-state index in [0.717, 1.165) is 0 Å². The number of rotatable bonds is 11. The van der Waals surface area contributed by atoms with E-state index in [-0.39, 0.29) is 12.4 Å². The Kier molecular flexibility index (Phi) is 17.8. The van der Waals surface area contributed by atoms with E-state index in [1.54, 1.807) is 0 Å². The molecule has 0 aromatic heterocycles. The van der Waals surface area contributed by atoms with Gasteiger partial charge in [0.1, 0.15) is 0 Å². The first-order valence-corrected chi connectivity index (χ1v) is 8.96. The lowest BCUT2D eigenvalue weighted by atomic mass is 10.5. The highest BCUT2D eigenvalue weighted by Crippen LogP contribution is 2.20. The molecular weight excluding hydrogens is 272 g/mol. The zero-order valence-electron chi connectivity index (χ0n) is 11.8. The lowest BCUT2D eigenvalue weighted by Gasteiger charge is -2.18. The van der Waals surface area contributed by atoms with E-state index in [4.69, 9.17) is 0 Å². The Morgan fingerprint density at radius 1 is 0.647 bits per heavy atom. The van der Waals surface area contributed by atoms with Gasteiger partial charge in [-0.2, -0.15) is 0 Å². The van der Waals surface area contributed by atoms with Gasteiger partial charge in [0.05, 0.1) is 0 Å². The number of halogens is 1.